The molecule has 0 unspecified atom stereocenters. The van der Waals surface area contributed by atoms with Gasteiger partial charge in [-0.25, -0.2) is 0 Å². The molecule has 0 atom stereocenters. The van der Waals surface area contributed by atoms with Crippen LogP contribution in [0, 0.1) is 6.92 Å². The van der Waals surface area contributed by atoms with E-state index in [1.807, 2.05) is 35.0 Å². The largest absolute Gasteiger partial charge is 0.487 e. The maximum atomic E-state index is 5.91. The number of hydrogen-bond acceptors (Lipinski definition) is 2. The summed E-state index contributed by atoms with van der Waals surface area (Å²) >= 11 is 0. The Morgan fingerprint density at radius 1 is 1.05 bits per heavy atom. The Morgan fingerprint density at radius 2 is 1.80 bits per heavy atom. The summed E-state index contributed by atoms with van der Waals surface area (Å²) in [7, 11) is 0. The van der Waals surface area contributed by atoms with Gasteiger partial charge in [-0.1, -0.05) is 36.4 Å². The van der Waals surface area contributed by atoms with Crippen LogP contribution in [-0.2, 0) is 13.2 Å². The molecule has 1 aromatic heterocycles. The molecular weight excluding hydrogens is 248 g/mol. The second kappa shape index (κ2) is 5.37. The van der Waals surface area contributed by atoms with E-state index < -0.39 is 0 Å². The van der Waals surface area contributed by atoms with Gasteiger partial charge in [0.15, 0.2) is 0 Å². The summed E-state index contributed by atoms with van der Waals surface area (Å²) in [6, 6.07) is 16.3. The van der Waals surface area contributed by atoms with Crippen LogP contribution in [-0.4, -0.2) is 9.78 Å². The summed E-state index contributed by atoms with van der Waals surface area (Å²) in [5, 5.41) is 5.81. The van der Waals surface area contributed by atoms with Crippen LogP contribution in [0.4, 0.5) is 0 Å². The molecule has 0 N–H and O–H groups in total. The van der Waals surface area contributed by atoms with Gasteiger partial charge in [0.2, 0.25) is 0 Å². The lowest BCUT2D eigenvalue weighted by Gasteiger charge is -2.07. The van der Waals surface area contributed by atoms with Crippen LogP contribution in [0.25, 0.3) is 10.9 Å². The van der Waals surface area contributed by atoms with E-state index in [2.05, 4.69) is 37.1 Å². The van der Waals surface area contributed by atoms with Crippen LogP contribution in [0.3, 0.4) is 0 Å². The number of nitrogens with zero attached hydrogens (tertiary/aromatic N) is 2. The number of benzene rings is 2. The van der Waals surface area contributed by atoms with Gasteiger partial charge < -0.3 is 4.74 Å². The van der Waals surface area contributed by atoms with Crippen molar-refractivity contribution in [2.45, 2.75) is 27.0 Å². The van der Waals surface area contributed by atoms with E-state index >= 15 is 0 Å². The number of hydrogen-bond donors (Lipinski definition) is 0. The molecule has 3 heteroatoms. The average Bonchev–Trinajstić information content (AvgIpc) is 2.85. The van der Waals surface area contributed by atoms with E-state index in [9.17, 15) is 0 Å². The summed E-state index contributed by atoms with van der Waals surface area (Å²) in [5.41, 5.74) is 3.30. The Hall–Kier alpha value is -2.29. The van der Waals surface area contributed by atoms with Crippen LogP contribution in [0.5, 0.6) is 5.75 Å². The van der Waals surface area contributed by atoms with Crippen molar-refractivity contribution < 1.29 is 4.74 Å². The third-order valence-corrected chi connectivity index (χ3v) is 3.49. The lowest BCUT2D eigenvalue weighted by molar-refractivity contribution is 0.299. The van der Waals surface area contributed by atoms with Crippen molar-refractivity contribution in [1.82, 2.24) is 9.78 Å². The lowest BCUT2D eigenvalue weighted by atomic mass is 10.2. The summed E-state index contributed by atoms with van der Waals surface area (Å²) < 4.78 is 7.93. The SMILES string of the molecule is CCn1nc(COc2ccccc2C)c2ccccc21. The second-order valence-corrected chi connectivity index (χ2v) is 4.83. The first kappa shape index (κ1) is 12.7. The van der Waals surface area contributed by atoms with Crippen molar-refractivity contribution >= 4 is 10.9 Å². The smallest absolute Gasteiger partial charge is 0.133 e. The highest BCUT2D eigenvalue weighted by molar-refractivity contribution is 5.81. The van der Waals surface area contributed by atoms with Gasteiger partial charge in [0.25, 0.3) is 0 Å². The molecule has 3 rings (SSSR count). The maximum absolute atomic E-state index is 5.91. The molecule has 3 nitrogen and oxygen atoms in total. The number of ether oxygens (including phenoxy) is 1. The van der Waals surface area contributed by atoms with E-state index in [4.69, 9.17) is 4.74 Å². The fraction of sp³-hybridized carbons (Fsp3) is 0.235. The highest BCUT2D eigenvalue weighted by Gasteiger charge is 2.10. The van der Waals surface area contributed by atoms with Gasteiger partial charge in [0.05, 0.1) is 5.52 Å². The zero-order valence-corrected chi connectivity index (χ0v) is 11.8. The summed E-state index contributed by atoms with van der Waals surface area (Å²) in [4.78, 5) is 0. The van der Waals surface area contributed by atoms with Crippen molar-refractivity contribution in [1.29, 1.82) is 0 Å². The minimum Gasteiger partial charge on any atom is -0.487 e. The first-order chi connectivity index (χ1) is 9.79. The molecule has 0 aliphatic carbocycles. The molecule has 102 valence electrons. The fourth-order valence-corrected chi connectivity index (χ4v) is 2.41. The average molecular weight is 266 g/mol. The van der Waals surface area contributed by atoms with E-state index in [0.29, 0.717) is 6.61 Å². The van der Waals surface area contributed by atoms with Gasteiger partial charge in [-0.3, -0.25) is 4.68 Å². The van der Waals surface area contributed by atoms with E-state index in [-0.39, 0.29) is 0 Å². The van der Waals surface area contributed by atoms with Crippen molar-refractivity contribution in [3.8, 4) is 5.75 Å². The van der Waals surface area contributed by atoms with Crippen LogP contribution in [0.15, 0.2) is 48.5 Å². The quantitative estimate of drug-likeness (QED) is 0.715. The van der Waals surface area contributed by atoms with E-state index in [1.54, 1.807) is 0 Å². The van der Waals surface area contributed by atoms with E-state index in [1.165, 1.54) is 10.9 Å². The van der Waals surface area contributed by atoms with Gasteiger partial charge in [-0.15, -0.1) is 0 Å². The summed E-state index contributed by atoms with van der Waals surface area (Å²) in [6.07, 6.45) is 0. The third kappa shape index (κ3) is 2.27. The molecule has 20 heavy (non-hydrogen) atoms. The monoisotopic (exact) mass is 266 g/mol. The number of rotatable bonds is 4. The van der Waals surface area contributed by atoms with Gasteiger partial charge in [0, 0.05) is 11.9 Å². The first-order valence-electron chi connectivity index (χ1n) is 6.92. The van der Waals surface area contributed by atoms with Crippen molar-refractivity contribution in [2.24, 2.45) is 0 Å². The molecule has 0 aliphatic heterocycles. The van der Waals surface area contributed by atoms with Crippen molar-refractivity contribution in [2.75, 3.05) is 0 Å². The van der Waals surface area contributed by atoms with Crippen LogP contribution >= 0.6 is 0 Å². The molecule has 2 aromatic carbocycles. The Morgan fingerprint density at radius 3 is 2.60 bits per heavy atom. The minimum atomic E-state index is 0.498. The standard InChI is InChI=1S/C17H18N2O/c1-3-19-16-10-6-5-9-14(16)15(18-19)12-20-17-11-7-4-8-13(17)2/h4-11H,3,12H2,1-2H3. The molecule has 0 amide bonds. The highest BCUT2D eigenvalue weighted by Crippen LogP contribution is 2.22. The third-order valence-electron chi connectivity index (χ3n) is 3.49. The van der Waals surface area contributed by atoms with Crippen molar-refractivity contribution in [3.63, 3.8) is 0 Å². The van der Waals surface area contributed by atoms with Gasteiger partial charge in [-0.05, 0) is 31.5 Å². The number of aromatic nitrogens is 2. The number of fused-ring (bicyclic) bond motifs is 1. The molecule has 0 saturated carbocycles. The Bertz CT molecular complexity index is 731. The lowest BCUT2D eigenvalue weighted by Crippen LogP contribution is -2.00. The minimum absolute atomic E-state index is 0.498. The normalized spacial score (nSPS) is 10.9. The molecule has 3 aromatic rings. The molecular formula is C17H18N2O. The highest BCUT2D eigenvalue weighted by atomic mass is 16.5. The predicted molar refractivity (Wildman–Crippen MR) is 80.9 cm³/mol. The maximum Gasteiger partial charge on any atom is 0.133 e. The molecule has 0 spiro atoms. The zero-order valence-electron chi connectivity index (χ0n) is 11.8. The van der Waals surface area contributed by atoms with Gasteiger partial charge in [-0.2, -0.15) is 5.10 Å². The summed E-state index contributed by atoms with van der Waals surface area (Å²) in [6.45, 7) is 5.52. The number of aryl methyl sites for hydroxylation is 2. The van der Waals surface area contributed by atoms with Gasteiger partial charge >= 0.3 is 0 Å². The Balaban J connectivity index is 1.90. The second-order valence-electron chi connectivity index (χ2n) is 4.83. The Kier molecular flexibility index (Phi) is 3.42. The molecule has 0 saturated heterocycles. The van der Waals surface area contributed by atoms with Gasteiger partial charge in [0.1, 0.15) is 18.1 Å². The fourth-order valence-electron chi connectivity index (χ4n) is 2.41. The number of para-hydroxylation sites is 2. The Labute approximate surface area is 118 Å². The predicted octanol–water partition coefficient (Wildman–Crippen LogP) is 3.94. The molecule has 0 aliphatic rings. The van der Waals surface area contributed by atoms with Crippen LogP contribution in [0.2, 0.25) is 0 Å². The molecule has 1 heterocycles. The van der Waals surface area contributed by atoms with E-state index in [0.717, 1.165) is 23.6 Å². The molecule has 0 bridgehead atoms. The molecule has 0 fully saturated rings. The summed E-state index contributed by atoms with van der Waals surface area (Å²) in [5.74, 6) is 0.919. The zero-order chi connectivity index (χ0) is 13.9. The van der Waals surface area contributed by atoms with Crippen molar-refractivity contribution in [3.05, 3.63) is 59.8 Å². The topological polar surface area (TPSA) is 27.1 Å². The first-order valence-corrected chi connectivity index (χ1v) is 6.92. The molecule has 0 radical (unpaired) electrons. The van der Waals surface area contributed by atoms with Crippen LogP contribution < -0.4 is 4.74 Å². The van der Waals surface area contributed by atoms with Crippen LogP contribution in [0.1, 0.15) is 18.2 Å².